The first-order valence-electron chi connectivity index (χ1n) is 7.22. The van der Waals surface area contributed by atoms with Gasteiger partial charge in [-0.1, -0.05) is 12.1 Å². The summed E-state index contributed by atoms with van der Waals surface area (Å²) in [5.41, 5.74) is 3.73. The van der Waals surface area contributed by atoms with Crippen LogP contribution in [0, 0.1) is 10.1 Å². The second-order valence-electron chi connectivity index (χ2n) is 5.14. The summed E-state index contributed by atoms with van der Waals surface area (Å²) in [5, 5.41) is 11.0. The number of nitrogens with two attached hydrogens (primary N) is 1. The lowest BCUT2D eigenvalue weighted by Gasteiger charge is -2.32. The van der Waals surface area contributed by atoms with Gasteiger partial charge in [0.05, 0.1) is 11.0 Å². The molecule has 1 aliphatic heterocycles. The summed E-state index contributed by atoms with van der Waals surface area (Å²) in [6, 6.07) is 5.03. The molecule has 0 amide bonds. The Kier molecular flexibility index (Phi) is 5.49. The molecule has 21 heavy (non-hydrogen) atoms. The van der Waals surface area contributed by atoms with Gasteiger partial charge >= 0.3 is 0 Å². The maximum absolute atomic E-state index is 11.0. The van der Waals surface area contributed by atoms with E-state index < -0.39 is 4.92 Å². The Hall–Kier alpha value is -1.70. The largest absolute Gasteiger partial charge is 0.378 e. The zero-order valence-electron chi connectivity index (χ0n) is 12.2. The van der Waals surface area contributed by atoms with Crippen molar-refractivity contribution in [3.63, 3.8) is 0 Å². The molecule has 1 aromatic rings. The van der Waals surface area contributed by atoms with Gasteiger partial charge in [0.25, 0.3) is 5.69 Å². The average molecular weight is 294 g/mol. The number of para-hydroxylation sites is 1. The Balaban J connectivity index is 2.04. The van der Waals surface area contributed by atoms with Crippen molar-refractivity contribution >= 4 is 11.4 Å². The molecule has 1 heterocycles. The standard InChI is InChI=1S/C14H22N4O3/c1-2-21-12-6-8-17(9-7-12)10-11-4-3-5-13(18(19)20)14(11)16-15/h3-5,12,16H,2,6-10,15H2,1H3. The van der Waals surface area contributed by atoms with E-state index in [1.807, 2.05) is 13.0 Å². The molecular formula is C14H22N4O3. The van der Waals surface area contributed by atoms with Crippen molar-refractivity contribution in [2.75, 3.05) is 25.1 Å². The molecule has 1 aliphatic rings. The molecule has 0 spiro atoms. The minimum atomic E-state index is -0.417. The van der Waals surface area contributed by atoms with E-state index in [1.165, 1.54) is 6.07 Å². The Morgan fingerprint density at radius 3 is 2.76 bits per heavy atom. The first kappa shape index (κ1) is 15.7. The molecule has 2 rings (SSSR count). The molecule has 1 saturated heterocycles. The molecule has 0 saturated carbocycles. The van der Waals surface area contributed by atoms with E-state index in [-0.39, 0.29) is 5.69 Å². The van der Waals surface area contributed by atoms with Crippen LogP contribution in [0.3, 0.4) is 0 Å². The highest BCUT2D eigenvalue weighted by Gasteiger charge is 2.22. The quantitative estimate of drug-likeness (QED) is 0.472. The third kappa shape index (κ3) is 3.90. The fraction of sp³-hybridized carbons (Fsp3) is 0.571. The van der Waals surface area contributed by atoms with Crippen molar-refractivity contribution < 1.29 is 9.66 Å². The molecule has 7 heteroatoms. The number of piperidine rings is 1. The molecule has 3 N–H and O–H groups in total. The van der Waals surface area contributed by atoms with Crippen LogP contribution in [-0.2, 0) is 11.3 Å². The molecule has 0 aromatic heterocycles. The van der Waals surface area contributed by atoms with Gasteiger partial charge in [0.15, 0.2) is 0 Å². The number of nitrogens with zero attached hydrogens (tertiary/aromatic N) is 2. The van der Waals surface area contributed by atoms with Gasteiger partial charge in [-0.15, -0.1) is 0 Å². The van der Waals surface area contributed by atoms with Gasteiger partial charge in [0, 0.05) is 32.3 Å². The normalized spacial score (nSPS) is 16.9. The number of nitrogens with one attached hydrogen (secondary N) is 1. The Morgan fingerprint density at radius 1 is 1.48 bits per heavy atom. The van der Waals surface area contributed by atoms with Crippen molar-refractivity contribution in [1.82, 2.24) is 4.90 Å². The van der Waals surface area contributed by atoms with Gasteiger partial charge in [0.1, 0.15) is 5.69 Å². The van der Waals surface area contributed by atoms with E-state index >= 15 is 0 Å². The number of nitro benzene ring substituents is 1. The summed E-state index contributed by atoms with van der Waals surface area (Å²) in [4.78, 5) is 12.9. The highest BCUT2D eigenvalue weighted by Crippen LogP contribution is 2.29. The molecule has 0 bridgehead atoms. The highest BCUT2D eigenvalue weighted by atomic mass is 16.6. The number of hydrazine groups is 1. The van der Waals surface area contributed by atoms with E-state index in [0.717, 1.165) is 38.1 Å². The zero-order valence-corrected chi connectivity index (χ0v) is 12.2. The number of rotatable bonds is 6. The highest BCUT2D eigenvalue weighted by molar-refractivity contribution is 5.65. The van der Waals surface area contributed by atoms with E-state index in [9.17, 15) is 10.1 Å². The summed E-state index contributed by atoms with van der Waals surface area (Å²) in [7, 11) is 0. The number of hydrogen-bond acceptors (Lipinski definition) is 6. The lowest BCUT2D eigenvalue weighted by atomic mass is 10.1. The van der Waals surface area contributed by atoms with E-state index in [1.54, 1.807) is 6.07 Å². The third-order valence-electron chi connectivity index (χ3n) is 3.80. The Bertz CT molecular complexity index is 487. The number of ether oxygens (including phenoxy) is 1. The maximum atomic E-state index is 11.0. The van der Waals surface area contributed by atoms with Gasteiger partial charge in [-0.05, 0) is 25.3 Å². The first-order valence-corrected chi connectivity index (χ1v) is 7.22. The number of hydrogen-bond donors (Lipinski definition) is 2. The minimum Gasteiger partial charge on any atom is -0.378 e. The van der Waals surface area contributed by atoms with Gasteiger partial charge in [-0.3, -0.25) is 20.9 Å². The van der Waals surface area contributed by atoms with Gasteiger partial charge in [-0.2, -0.15) is 0 Å². The first-order chi connectivity index (χ1) is 10.2. The second-order valence-corrected chi connectivity index (χ2v) is 5.14. The molecule has 0 radical (unpaired) electrons. The molecule has 0 aliphatic carbocycles. The van der Waals surface area contributed by atoms with Crippen LogP contribution in [0.4, 0.5) is 11.4 Å². The zero-order chi connectivity index (χ0) is 15.2. The number of benzene rings is 1. The van der Waals surface area contributed by atoms with E-state index in [2.05, 4.69) is 10.3 Å². The van der Waals surface area contributed by atoms with Gasteiger partial charge in [-0.25, -0.2) is 0 Å². The predicted octanol–water partition coefficient (Wildman–Crippen LogP) is 1.88. The summed E-state index contributed by atoms with van der Waals surface area (Å²) in [6.45, 7) is 5.26. The SMILES string of the molecule is CCOC1CCN(Cc2cccc([N+](=O)[O-])c2NN)CC1. The van der Waals surface area contributed by atoms with E-state index in [4.69, 9.17) is 10.6 Å². The van der Waals surface area contributed by atoms with Crippen LogP contribution >= 0.6 is 0 Å². The van der Waals surface area contributed by atoms with Gasteiger partial charge < -0.3 is 10.2 Å². The molecule has 0 unspecified atom stereocenters. The lowest BCUT2D eigenvalue weighted by molar-refractivity contribution is -0.384. The summed E-state index contributed by atoms with van der Waals surface area (Å²) in [6.07, 6.45) is 2.32. The third-order valence-corrected chi connectivity index (χ3v) is 3.80. The molecule has 1 fully saturated rings. The number of nitrogen functional groups attached to an aromatic ring is 1. The van der Waals surface area contributed by atoms with Crippen LogP contribution in [0.1, 0.15) is 25.3 Å². The second kappa shape index (κ2) is 7.35. The molecule has 1 aromatic carbocycles. The van der Waals surface area contributed by atoms with Crippen molar-refractivity contribution in [3.05, 3.63) is 33.9 Å². The van der Waals surface area contributed by atoms with Crippen LogP contribution in [0.2, 0.25) is 0 Å². The van der Waals surface area contributed by atoms with Gasteiger partial charge in [0.2, 0.25) is 0 Å². The van der Waals surface area contributed by atoms with Crippen LogP contribution in [0.15, 0.2) is 18.2 Å². The topological polar surface area (TPSA) is 93.7 Å². The number of nitro groups is 1. The average Bonchev–Trinajstić information content (AvgIpc) is 2.49. The summed E-state index contributed by atoms with van der Waals surface area (Å²) in [5.74, 6) is 5.46. The Morgan fingerprint density at radius 2 is 2.19 bits per heavy atom. The van der Waals surface area contributed by atoms with E-state index in [0.29, 0.717) is 18.3 Å². The van der Waals surface area contributed by atoms with Crippen LogP contribution < -0.4 is 11.3 Å². The molecule has 7 nitrogen and oxygen atoms in total. The maximum Gasteiger partial charge on any atom is 0.293 e. The number of likely N-dealkylation sites (tertiary alicyclic amines) is 1. The number of anilines is 1. The minimum absolute atomic E-state index is 0.0132. The lowest BCUT2D eigenvalue weighted by Crippen LogP contribution is -2.36. The predicted molar refractivity (Wildman–Crippen MR) is 80.8 cm³/mol. The molecule has 116 valence electrons. The Labute approximate surface area is 124 Å². The fourth-order valence-corrected chi connectivity index (χ4v) is 2.75. The van der Waals surface area contributed by atoms with Crippen LogP contribution in [-0.4, -0.2) is 35.6 Å². The fourth-order valence-electron chi connectivity index (χ4n) is 2.75. The molecular weight excluding hydrogens is 272 g/mol. The van der Waals surface area contributed by atoms with Crippen molar-refractivity contribution in [3.8, 4) is 0 Å². The van der Waals surface area contributed by atoms with Crippen molar-refractivity contribution in [1.29, 1.82) is 0 Å². The summed E-state index contributed by atoms with van der Waals surface area (Å²) >= 11 is 0. The summed E-state index contributed by atoms with van der Waals surface area (Å²) < 4.78 is 5.63. The smallest absolute Gasteiger partial charge is 0.293 e. The molecule has 0 atom stereocenters. The monoisotopic (exact) mass is 294 g/mol. The van der Waals surface area contributed by atoms with Crippen LogP contribution in [0.5, 0.6) is 0 Å². The van der Waals surface area contributed by atoms with Crippen molar-refractivity contribution in [2.45, 2.75) is 32.4 Å². The van der Waals surface area contributed by atoms with Crippen LogP contribution in [0.25, 0.3) is 0 Å². The van der Waals surface area contributed by atoms with Crippen molar-refractivity contribution in [2.24, 2.45) is 5.84 Å².